The molecule has 1 atom stereocenters. The third-order valence-corrected chi connectivity index (χ3v) is 5.77. The topological polar surface area (TPSA) is 75.7 Å². The van der Waals surface area contributed by atoms with Crippen LogP contribution in [0.4, 0.5) is 0 Å². The molecule has 134 valence electrons. The van der Waals surface area contributed by atoms with E-state index in [0.29, 0.717) is 10.0 Å². The maximum Gasteiger partial charge on any atom is 0.252 e. The Morgan fingerprint density at radius 3 is 2.67 bits per heavy atom. The van der Waals surface area contributed by atoms with Crippen molar-refractivity contribution in [2.75, 3.05) is 39.1 Å². The summed E-state index contributed by atoms with van der Waals surface area (Å²) in [6.07, 6.45) is 1.96. The average molecular weight is 419 g/mol. The average Bonchev–Trinajstić information content (AvgIpc) is 2.53. The number of morpholine rings is 1. The van der Waals surface area contributed by atoms with Crippen molar-refractivity contribution in [2.24, 2.45) is 0 Å². The van der Waals surface area contributed by atoms with E-state index in [9.17, 15) is 13.2 Å². The molecular formula is C16H23BrN2O4S. The van der Waals surface area contributed by atoms with Gasteiger partial charge in [-0.2, -0.15) is 0 Å². The van der Waals surface area contributed by atoms with Gasteiger partial charge >= 0.3 is 0 Å². The van der Waals surface area contributed by atoms with Crippen LogP contribution in [-0.2, 0) is 14.6 Å². The van der Waals surface area contributed by atoms with Crippen molar-refractivity contribution in [1.29, 1.82) is 0 Å². The predicted octanol–water partition coefficient (Wildman–Crippen LogP) is 1.69. The Hall–Kier alpha value is -0.960. The van der Waals surface area contributed by atoms with E-state index in [0.717, 1.165) is 45.5 Å². The number of hydrogen-bond donors (Lipinski definition) is 1. The van der Waals surface area contributed by atoms with Crippen LogP contribution in [0.25, 0.3) is 0 Å². The summed E-state index contributed by atoms with van der Waals surface area (Å²) < 4.78 is 29.2. The smallest absolute Gasteiger partial charge is 0.252 e. The molecule has 1 amide bonds. The van der Waals surface area contributed by atoms with Crippen LogP contribution in [0.1, 0.15) is 23.7 Å². The number of amides is 1. The Labute approximate surface area is 151 Å². The van der Waals surface area contributed by atoms with Crippen LogP contribution >= 0.6 is 15.9 Å². The molecule has 1 aromatic rings. The first-order valence-corrected chi connectivity index (χ1v) is 10.6. The van der Waals surface area contributed by atoms with E-state index in [1.54, 1.807) is 6.07 Å². The van der Waals surface area contributed by atoms with Gasteiger partial charge in [-0.25, -0.2) is 8.42 Å². The molecule has 1 heterocycles. The Morgan fingerprint density at radius 2 is 2.04 bits per heavy atom. The zero-order chi connectivity index (χ0) is 17.7. The van der Waals surface area contributed by atoms with Crippen LogP contribution in [0.5, 0.6) is 0 Å². The molecule has 24 heavy (non-hydrogen) atoms. The maximum absolute atomic E-state index is 12.4. The first-order valence-electron chi connectivity index (χ1n) is 7.88. The molecule has 0 radical (unpaired) electrons. The number of ether oxygens (including phenoxy) is 1. The fourth-order valence-corrected chi connectivity index (χ4v) is 3.56. The van der Waals surface area contributed by atoms with Gasteiger partial charge in [-0.15, -0.1) is 0 Å². The maximum atomic E-state index is 12.4. The van der Waals surface area contributed by atoms with Gasteiger partial charge in [0, 0.05) is 36.4 Å². The number of nitrogens with one attached hydrogen (secondary N) is 1. The number of halogens is 1. The van der Waals surface area contributed by atoms with Gasteiger partial charge in [0.15, 0.2) is 9.84 Å². The fraction of sp³-hybridized carbons (Fsp3) is 0.562. The van der Waals surface area contributed by atoms with E-state index in [1.165, 1.54) is 12.1 Å². The summed E-state index contributed by atoms with van der Waals surface area (Å²) in [5.74, 6) is -0.276. The van der Waals surface area contributed by atoms with Crippen LogP contribution < -0.4 is 5.32 Å². The molecular weight excluding hydrogens is 396 g/mol. The number of sulfone groups is 1. The number of carbonyl (C=O) groups is 1. The molecule has 1 saturated heterocycles. The number of hydrogen-bond acceptors (Lipinski definition) is 5. The standard InChI is InChI=1S/C16H23BrN2O4S/c1-12(5-6-19-7-9-23-10-8-19)18-16(20)14-11-13(24(2,21)22)3-4-15(14)17/h3-4,11-12H,5-10H2,1-2H3,(H,18,20). The molecule has 0 aromatic heterocycles. The van der Waals surface area contributed by atoms with E-state index in [2.05, 4.69) is 26.1 Å². The Bertz CT molecular complexity index is 687. The fourth-order valence-electron chi connectivity index (χ4n) is 2.48. The molecule has 8 heteroatoms. The lowest BCUT2D eigenvalue weighted by Gasteiger charge is -2.27. The monoisotopic (exact) mass is 418 g/mol. The van der Waals surface area contributed by atoms with E-state index in [-0.39, 0.29) is 16.8 Å². The van der Waals surface area contributed by atoms with Crippen LogP contribution in [0.2, 0.25) is 0 Å². The van der Waals surface area contributed by atoms with E-state index in [1.807, 2.05) is 6.92 Å². The van der Waals surface area contributed by atoms with E-state index < -0.39 is 9.84 Å². The van der Waals surface area contributed by atoms with Gasteiger partial charge in [0.05, 0.1) is 23.7 Å². The third-order valence-electron chi connectivity index (χ3n) is 3.97. The molecule has 1 aliphatic rings. The second-order valence-electron chi connectivity index (χ2n) is 6.03. The van der Waals surface area contributed by atoms with Crippen molar-refractivity contribution in [2.45, 2.75) is 24.3 Å². The minimum absolute atomic E-state index is 0.00543. The molecule has 0 saturated carbocycles. The molecule has 1 aromatic carbocycles. The predicted molar refractivity (Wildman–Crippen MR) is 96.1 cm³/mol. The van der Waals surface area contributed by atoms with Crippen molar-refractivity contribution in [1.82, 2.24) is 10.2 Å². The highest BCUT2D eigenvalue weighted by atomic mass is 79.9. The Kier molecular flexibility index (Phi) is 6.79. The molecule has 0 aliphatic carbocycles. The van der Waals surface area contributed by atoms with Crippen molar-refractivity contribution < 1.29 is 17.9 Å². The molecule has 0 spiro atoms. The Balaban J connectivity index is 1.96. The van der Waals surface area contributed by atoms with E-state index >= 15 is 0 Å². The molecule has 1 aliphatic heterocycles. The molecule has 1 unspecified atom stereocenters. The second-order valence-corrected chi connectivity index (χ2v) is 8.90. The summed E-state index contributed by atoms with van der Waals surface area (Å²) in [4.78, 5) is 14.9. The SMILES string of the molecule is CC(CCN1CCOCC1)NC(=O)c1cc(S(C)(=O)=O)ccc1Br. The lowest BCUT2D eigenvalue weighted by Crippen LogP contribution is -2.40. The Morgan fingerprint density at radius 1 is 1.38 bits per heavy atom. The normalized spacial score (nSPS) is 17.5. The minimum Gasteiger partial charge on any atom is -0.379 e. The zero-order valence-corrected chi connectivity index (χ0v) is 16.3. The number of rotatable bonds is 6. The van der Waals surface area contributed by atoms with Gasteiger partial charge in [-0.3, -0.25) is 9.69 Å². The second kappa shape index (κ2) is 8.42. The molecule has 0 bridgehead atoms. The lowest BCUT2D eigenvalue weighted by molar-refractivity contribution is 0.0363. The summed E-state index contributed by atoms with van der Waals surface area (Å²) in [5.41, 5.74) is 0.330. The quantitative estimate of drug-likeness (QED) is 0.760. The first-order chi connectivity index (χ1) is 11.3. The molecule has 6 nitrogen and oxygen atoms in total. The van der Waals surface area contributed by atoms with Gasteiger partial charge in [-0.1, -0.05) is 0 Å². The highest BCUT2D eigenvalue weighted by molar-refractivity contribution is 9.10. The van der Waals surface area contributed by atoms with Gasteiger partial charge in [0.1, 0.15) is 0 Å². The van der Waals surface area contributed by atoms with Crippen LogP contribution in [0, 0.1) is 0 Å². The van der Waals surface area contributed by atoms with Crippen LogP contribution in [0.15, 0.2) is 27.6 Å². The summed E-state index contributed by atoms with van der Waals surface area (Å²) in [6, 6.07) is 4.47. The summed E-state index contributed by atoms with van der Waals surface area (Å²) >= 11 is 3.31. The lowest BCUT2D eigenvalue weighted by atomic mass is 10.1. The third kappa shape index (κ3) is 5.54. The highest BCUT2D eigenvalue weighted by Crippen LogP contribution is 2.21. The highest BCUT2D eigenvalue weighted by Gasteiger charge is 2.18. The minimum atomic E-state index is -3.35. The van der Waals surface area contributed by atoms with Gasteiger partial charge < -0.3 is 10.1 Å². The molecule has 1 fully saturated rings. The van der Waals surface area contributed by atoms with Gasteiger partial charge in [0.2, 0.25) is 0 Å². The summed E-state index contributed by atoms with van der Waals surface area (Å²) in [7, 11) is -3.35. The van der Waals surface area contributed by atoms with Crippen molar-refractivity contribution in [3.8, 4) is 0 Å². The summed E-state index contributed by atoms with van der Waals surface area (Å²) in [5, 5.41) is 2.93. The number of carbonyl (C=O) groups excluding carboxylic acids is 1. The van der Waals surface area contributed by atoms with Gasteiger partial charge in [-0.05, 0) is 47.5 Å². The van der Waals surface area contributed by atoms with Gasteiger partial charge in [0.25, 0.3) is 5.91 Å². The molecule has 1 N–H and O–H groups in total. The largest absolute Gasteiger partial charge is 0.379 e. The van der Waals surface area contributed by atoms with E-state index in [4.69, 9.17) is 4.74 Å². The number of benzene rings is 1. The molecule has 2 rings (SSSR count). The van der Waals surface area contributed by atoms with Crippen molar-refractivity contribution >= 4 is 31.7 Å². The zero-order valence-electron chi connectivity index (χ0n) is 13.9. The first kappa shape index (κ1) is 19.4. The number of nitrogens with zero attached hydrogens (tertiary/aromatic N) is 1. The summed E-state index contributed by atoms with van der Waals surface area (Å²) in [6.45, 7) is 6.20. The van der Waals surface area contributed by atoms with Crippen LogP contribution in [-0.4, -0.2) is 64.4 Å². The van der Waals surface area contributed by atoms with Crippen molar-refractivity contribution in [3.05, 3.63) is 28.2 Å². The van der Waals surface area contributed by atoms with Crippen LogP contribution in [0.3, 0.4) is 0 Å². The van der Waals surface area contributed by atoms with Crippen molar-refractivity contribution in [3.63, 3.8) is 0 Å².